The number of rotatable bonds is 5. The Labute approximate surface area is 112 Å². The van der Waals surface area contributed by atoms with Crippen molar-refractivity contribution in [2.45, 2.75) is 26.9 Å². The van der Waals surface area contributed by atoms with E-state index < -0.39 is 0 Å². The van der Waals surface area contributed by atoms with Crippen LogP contribution >= 0.6 is 11.6 Å². The van der Waals surface area contributed by atoms with Crippen LogP contribution in [0.1, 0.15) is 24.0 Å². The van der Waals surface area contributed by atoms with Gasteiger partial charge in [-0.15, -0.1) is 0 Å². The van der Waals surface area contributed by atoms with E-state index >= 15 is 0 Å². The van der Waals surface area contributed by atoms with Gasteiger partial charge in [0.25, 0.3) is 0 Å². The molecule has 1 N–H and O–H groups in total. The van der Waals surface area contributed by atoms with E-state index in [1.807, 2.05) is 26.4 Å². The van der Waals surface area contributed by atoms with Crippen LogP contribution in [0, 0.1) is 6.92 Å². The van der Waals surface area contributed by atoms with Gasteiger partial charge in [0.1, 0.15) is 11.0 Å². The first kappa shape index (κ1) is 13.1. The molecule has 0 spiro atoms. The zero-order valence-corrected chi connectivity index (χ0v) is 11.7. The van der Waals surface area contributed by atoms with Gasteiger partial charge in [-0.25, -0.2) is 4.98 Å². The van der Waals surface area contributed by atoms with E-state index in [2.05, 4.69) is 26.9 Å². The Balaban J connectivity index is 2.21. The predicted molar refractivity (Wildman–Crippen MR) is 71.7 cm³/mol. The fraction of sp³-hybridized carbons (Fsp3) is 0.500. The summed E-state index contributed by atoms with van der Waals surface area (Å²) in [5.74, 6) is 1.01. The maximum Gasteiger partial charge on any atom is 0.131 e. The normalized spacial score (nSPS) is 11.1. The molecule has 0 unspecified atom stereocenters. The van der Waals surface area contributed by atoms with Gasteiger partial charge in [0.05, 0.1) is 18.8 Å². The van der Waals surface area contributed by atoms with Gasteiger partial charge >= 0.3 is 0 Å². The van der Waals surface area contributed by atoms with Crippen LogP contribution in [-0.2, 0) is 20.1 Å². The van der Waals surface area contributed by atoms with Gasteiger partial charge in [-0.05, 0) is 13.5 Å². The molecule has 0 aromatic carbocycles. The number of aryl methyl sites for hydroxylation is 2. The molecule has 2 aromatic heterocycles. The van der Waals surface area contributed by atoms with Crippen LogP contribution in [0.2, 0.25) is 5.15 Å². The molecule has 2 rings (SSSR count). The number of aromatic nitrogens is 4. The first-order valence-electron chi connectivity index (χ1n) is 6.02. The van der Waals surface area contributed by atoms with Crippen molar-refractivity contribution in [2.75, 3.05) is 6.54 Å². The van der Waals surface area contributed by atoms with Gasteiger partial charge in [-0.2, -0.15) is 5.10 Å². The van der Waals surface area contributed by atoms with Gasteiger partial charge in [-0.1, -0.05) is 18.5 Å². The van der Waals surface area contributed by atoms with Crippen molar-refractivity contribution in [2.24, 2.45) is 7.05 Å². The van der Waals surface area contributed by atoms with Crippen molar-refractivity contribution in [3.05, 3.63) is 34.6 Å². The monoisotopic (exact) mass is 267 g/mol. The van der Waals surface area contributed by atoms with Crippen molar-refractivity contribution in [1.29, 1.82) is 0 Å². The van der Waals surface area contributed by atoms with Crippen LogP contribution in [0.4, 0.5) is 0 Å². The fourth-order valence-electron chi connectivity index (χ4n) is 1.91. The molecule has 0 aliphatic rings. The quantitative estimate of drug-likeness (QED) is 0.898. The molecule has 0 atom stereocenters. The number of imidazole rings is 1. The van der Waals surface area contributed by atoms with Crippen LogP contribution in [0.5, 0.6) is 0 Å². The molecular formula is C12H18ClN5. The summed E-state index contributed by atoms with van der Waals surface area (Å²) in [4.78, 5) is 4.35. The van der Waals surface area contributed by atoms with Crippen LogP contribution in [0.25, 0.3) is 0 Å². The summed E-state index contributed by atoms with van der Waals surface area (Å²) in [7, 11) is 1.85. The number of halogens is 1. The first-order valence-corrected chi connectivity index (χ1v) is 6.40. The molecule has 0 aliphatic carbocycles. The number of hydrogen-bond acceptors (Lipinski definition) is 3. The van der Waals surface area contributed by atoms with Gasteiger partial charge < -0.3 is 9.88 Å². The van der Waals surface area contributed by atoms with Gasteiger partial charge in [0.15, 0.2) is 0 Å². The van der Waals surface area contributed by atoms with Crippen molar-refractivity contribution >= 4 is 11.6 Å². The molecule has 0 fully saturated rings. The third kappa shape index (κ3) is 2.57. The molecule has 5 nitrogen and oxygen atoms in total. The highest BCUT2D eigenvalue weighted by atomic mass is 35.5. The zero-order valence-electron chi connectivity index (χ0n) is 10.9. The van der Waals surface area contributed by atoms with Crippen molar-refractivity contribution in [3.8, 4) is 0 Å². The first-order chi connectivity index (χ1) is 8.63. The molecule has 0 amide bonds. The third-order valence-corrected chi connectivity index (χ3v) is 3.41. The molecule has 18 heavy (non-hydrogen) atoms. The van der Waals surface area contributed by atoms with Gasteiger partial charge in [0.2, 0.25) is 0 Å². The van der Waals surface area contributed by atoms with Crippen molar-refractivity contribution in [3.63, 3.8) is 0 Å². The van der Waals surface area contributed by atoms with Crippen LogP contribution in [-0.4, -0.2) is 25.9 Å². The van der Waals surface area contributed by atoms with E-state index in [-0.39, 0.29) is 0 Å². The van der Waals surface area contributed by atoms with E-state index in [0.29, 0.717) is 11.7 Å². The van der Waals surface area contributed by atoms with Gasteiger partial charge in [-0.3, -0.25) is 4.68 Å². The van der Waals surface area contributed by atoms with Crippen LogP contribution in [0.3, 0.4) is 0 Å². The average molecular weight is 268 g/mol. The SMILES string of the molecule is CCNCc1nccn1Cc1c(C)nn(C)c1Cl. The standard InChI is InChI=1S/C12H18ClN5/c1-4-14-7-11-15-5-6-18(11)8-10-9(2)16-17(3)12(10)13/h5-6,14H,4,7-8H2,1-3H3. The van der Waals surface area contributed by atoms with E-state index in [9.17, 15) is 0 Å². The molecule has 98 valence electrons. The lowest BCUT2D eigenvalue weighted by Gasteiger charge is -2.08. The third-order valence-electron chi connectivity index (χ3n) is 2.93. The second-order valence-electron chi connectivity index (χ2n) is 4.23. The number of nitrogens with zero attached hydrogens (tertiary/aromatic N) is 4. The Kier molecular flexibility index (Phi) is 4.04. The Bertz CT molecular complexity index is 529. The van der Waals surface area contributed by atoms with Crippen molar-refractivity contribution < 1.29 is 0 Å². The topological polar surface area (TPSA) is 47.7 Å². The van der Waals surface area contributed by atoms with Crippen LogP contribution < -0.4 is 5.32 Å². The lowest BCUT2D eigenvalue weighted by Crippen LogP contribution is -2.16. The number of nitrogens with one attached hydrogen (secondary N) is 1. The summed E-state index contributed by atoms with van der Waals surface area (Å²) in [6.45, 7) is 6.46. The minimum atomic E-state index is 0.690. The predicted octanol–water partition coefficient (Wildman–Crippen LogP) is 1.74. The lowest BCUT2D eigenvalue weighted by molar-refractivity contribution is 0.638. The lowest BCUT2D eigenvalue weighted by atomic mass is 10.2. The summed E-state index contributed by atoms with van der Waals surface area (Å²) in [6.07, 6.45) is 3.78. The van der Waals surface area contributed by atoms with Gasteiger partial charge in [0, 0.05) is 25.0 Å². The minimum absolute atomic E-state index is 0.690. The largest absolute Gasteiger partial charge is 0.329 e. The molecule has 0 radical (unpaired) electrons. The summed E-state index contributed by atoms with van der Waals surface area (Å²) in [5, 5.41) is 8.28. The molecule has 0 aliphatic heterocycles. The second-order valence-corrected chi connectivity index (χ2v) is 4.59. The average Bonchev–Trinajstić information content (AvgIpc) is 2.87. The molecule has 0 saturated carbocycles. The highest BCUT2D eigenvalue weighted by molar-refractivity contribution is 6.30. The summed E-state index contributed by atoms with van der Waals surface area (Å²) >= 11 is 6.24. The highest BCUT2D eigenvalue weighted by Gasteiger charge is 2.13. The highest BCUT2D eigenvalue weighted by Crippen LogP contribution is 2.20. The van der Waals surface area contributed by atoms with E-state index in [1.165, 1.54) is 0 Å². The Morgan fingerprint density at radius 2 is 2.22 bits per heavy atom. The molecule has 0 bridgehead atoms. The zero-order chi connectivity index (χ0) is 13.1. The van der Waals surface area contributed by atoms with Crippen molar-refractivity contribution in [1.82, 2.24) is 24.6 Å². The minimum Gasteiger partial charge on any atom is -0.329 e. The van der Waals surface area contributed by atoms with E-state index in [0.717, 1.165) is 30.2 Å². The van der Waals surface area contributed by atoms with Crippen LogP contribution in [0.15, 0.2) is 12.4 Å². The maximum atomic E-state index is 6.24. The summed E-state index contributed by atoms with van der Waals surface area (Å²) in [6, 6.07) is 0. The summed E-state index contributed by atoms with van der Waals surface area (Å²) < 4.78 is 3.80. The van der Waals surface area contributed by atoms with E-state index in [1.54, 1.807) is 4.68 Å². The Morgan fingerprint density at radius 1 is 1.44 bits per heavy atom. The second kappa shape index (κ2) is 5.54. The Morgan fingerprint density at radius 3 is 2.83 bits per heavy atom. The molecular weight excluding hydrogens is 250 g/mol. The number of hydrogen-bond donors (Lipinski definition) is 1. The molecule has 6 heteroatoms. The smallest absolute Gasteiger partial charge is 0.131 e. The molecule has 2 aromatic rings. The fourth-order valence-corrected chi connectivity index (χ4v) is 2.15. The molecule has 0 saturated heterocycles. The molecule has 2 heterocycles. The Hall–Kier alpha value is -1.33. The summed E-state index contributed by atoms with van der Waals surface area (Å²) in [5.41, 5.74) is 2.01. The van der Waals surface area contributed by atoms with E-state index in [4.69, 9.17) is 11.6 Å². The maximum absolute atomic E-state index is 6.24.